The molecule has 0 fully saturated rings. The first-order valence-corrected chi connectivity index (χ1v) is 6.26. The molecule has 94 valence electrons. The normalized spacial score (nSPS) is 10.6. The lowest BCUT2D eigenvalue weighted by Crippen LogP contribution is -2.26. The Bertz CT molecular complexity index is 571. The minimum Gasteiger partial charge on any atom is -0.356 e. The molecule has 0 aliphatic rings. The second-order valence-electron chi connectivity index (χ2n) is 3.98. The number of fused-ring (bicyclic) bond motifs is 1. The van der Waals surface area contributed by atoms with Crippen molar-refractivity contribution in [3.05, 3.63) is 35.1 Å². The fourth-order valence-corrected chi connectivity index (χ4v) is 1.81. The maximum Gasteiger partial charge on any atom is 0.226 e. The van der Waals surface area contributed by atoms with E-state index in [9.17, 15) is 4.79 Å². The van der Waals surface area contributed by atoms with Crippen LogP contribution < -0.4 is 5.32 Å². The van der Waals surface area contributed by atoms with E-state index in [1.54, 1.807) is 0 Å². The van der Waals surface area contributed by atoms with E-state index in [4.69, 9.17) is 11.6 Å². The van der Waals surface area contributed by atoms with Gasteiger partial charge in [0.05, 0.1) is 23.1 Å². The maximum absolute atomic E-state index is 11.6. The zero-order valence-corrected chi connectivity index (χ0v) is 10.9. The Labute approximate surface area is 110 Å². The number of hydrogen-bond acceptors (Lipinski definition) is 3. The fraction of sp³-hybridized carbons (Fsp3) is 0.308. The Balaban J connectivity index is 2.22. The Hall–Kier alpha value is -1.68. The summed E-state index contributed by atoms with van der Waals surface area (Å²) in [6.07, 6.45) is 1.07. The quantitative estimate of drug-likeness (QED) is 0.921. The van der Waals surface area contributed by atoms with Crippen molar-refractivity contribution >= 4 is 28.5 Å². The van der Waals surface area contributed by atoms with Crippen LogP contribution in [0.15, 0.2) is 24.3 Å². The zero-order valence-electron chi connectivity index (χ0n) is 10.1. The van der Waals surface area contributed by atoms with Crippen LogP contribution in [0.3, 0.4) is 0 Å². The van der Waals surface area contributed by atoms with Gasteiger partial charge in [-0.2, -0.15) is 0 Å². The van der Waals surface area contributed by atoms with Crippen molar-refractivity contribution < 1.29 is 4.79 Å². The molecule has 1 aromatic carbocycles. The van der Waals surface area contributed by atoms with Crippen molar-refractivity contribution in [3.8, 4) is 0 Å². The molecule has 0 aliphatic carbocycles. The average molecular weight is 264 g/mol. The van der Waals surface area contributed by atoms with Gasteiger partial charge in [0, 0.05) is 6.54 Å². The smallest absolute Gasteiger partial charge is 0.226 e. The monoisotopic (exact) mass is 263 g/mol. The van der Waals surface area contributed by atoms with E-state index in [0.717, 1.165) is 17.5 Å². The largest absolute Gasteiger partial charge is 0.356 e. The van der Waals surface area contributed by atoms with Gasteiger partial charge >= 0.3 is 0 Å². The van der Waals surface area contributed by atoms with Crippen molar-refractivity contribution in [1.29, 1.82) is 0 Å². The Morgan fingerprint density at radius 3 is 2.61 bits per heavy atom. The molecule has 1 heterocycles. The maximum atomic E-state index is 11.6. The van der Waals surface area contributed by atoms with Crippen LogP contribution in [0.25, 0.3) is 11.0 Å². The lowest BCUT2D eigenvalue weighted by atomic mass is 10.2. The minimum atomic E-state index is -0.0802. The van der Waals surface area contributed by atoms with Crippen LogP contribution >= 0.6 is 11.6 Å². The van der Waals surface area contributed by atoms with E-state index in [0.29, 0.717) is 17.4 Å². The third kappa shape index (κ3) is 2.96. The number of carbonyl (C=O) groups is 1. The van der Waals surface area contributed by atoms with Crippen LogP contribution in [0.2, 0.25) is 5.15 Å². The summed E-state index contributed by atoms with van der Waals surface area (Å²) in [5.74, 6) is -0.0802. The highest BCUT2D eigenvalue weighted by atomic mass is 35.5. The molecule has 1 aromatic heterocycles. The first-order chi connectivity index (χ1) is 8.70. The van der Waals surface area contributed by atoms with Gasteiger partial charge in [-0.1, -0.05) is 30.7 Å². The molecule has 0 bridgehead atoms. The molecule has 5 heteroatoms. The Morgan fingerprint density at radius 1 is 1.28 bits per heavy atom. The molecule has 2 aromatic rings. The third-order valence-corrected chi connectivity index (χ3v) is 2.80. The SMILES string of the molecule is CCCNC(=O)Cc1nc2ccccc2nc1Cl. The predicted octanol–water partition coefficient (Wildman–Crippen LogP) is 2.35. The van der Waals surface area contributed by atoms with E-state index < -0.39 is 0 Å². The van der Waals surface area contributed by atoms with Crippen molar-refractivity contribution in [2.45, 2.75) is 19.8 Å². The molecule has 0 aliphatic heterocycles. The van der Waals surface area contributed by atoms with Gasteiger partial charge in [0.2, 0.25) is 5.91 Å². The van der Waals surface area contributed by atoms with Crippen LogP contribution in [-0.4, -0.2) is 22.4 Å². The molecular formula is C13H14ClN3O. The van der Waals surface area contributed by atoms with Gasteiger partial charge in [-0.25, -0.2) is 9.97 Å². The summed E-state index contributed by atoms with van der Waals surface area (Å²) in [6.45, 7) is 2.67. The standard InChI is InChI=1S/C13H14ClN3O/c1-2-7-15-12(18)8-11-13(14)17-10-6-4-3-5-9(10)16-11/h3-6H,2,7-8H2,1H3,(H,15,18). The Kier molecular flexibility index (Phi) is 4.10. The van der Waals surface area contributed by atoms with Gasteiger partial charge in [-0.05, 0) is 18.6 Å². The molecule has 2 rings (SSSR count). The van der Waals surface area contributed by atoms with Gasteiger partial charge in [0.25, 0.3) is 0 Å². The molecule has 0 unspecified atom stereocenters. The van der Waals surface area contributed by atoms with E-state index >= 15 is 0 Å². The van der Waals surface area contributed by atoms with E-state index in [1.807, 2.05) is 31.2 Å². The summed E-state index contributed by atoms with van der Waals surface area (Å²) < 4.78 is 0. The summed E-state index contributed by atoms with van der Waals surface area (Å²) in [6, 6.07) is 7.45. The van der Waals surface area contributed by atoms with E-state index in [2.05, 4.69) is 15.3 Å². The number of para-hydroxylation sites is 2. The number of benzene rings is 1. The summed E-state index contributed by atoms with van der Waals surface area (Å²) in [4.78, 5) is 20.2. The van der Waals surface area contributed by atoms with Gasteiger partial charge in [-0.15, -0.1) is 0 Å². The number of aromatic nitrogens is 2. The van der Waals surface area contributed by atoms with E-state index in [-0.39, 0.29) is 12.3 Å². The topological polar surface area (TPSA) is 54.9 Å². The lowest BCUT2D eigenvalue weighted by molar-refractivity contribution is -0.120. The molecule has 0 saturated heterocycles. The van der Waals surface area contributed by atoms with Crippen LogP contribution in [-0.2, 0) is 11.2 Å². The van der Waals surface area contributed by atoms with Crippen molar-refractivity contribution in [1.82, 2.24) is 15.3 Å². The summed E-state index contributed by atoms with van der Waals surface area (Å²) in [5, 5.41) is 3.08. The van der Waals surface area contributed by atoms with Gasteiger partial charge in [0.1, 0.15) is 0 Å². The molecule has 4 nitrogen and oxygen atoms in total. The highest BCUT2D eigenvalue weighted by Gasteiger charge is 2.10. The molecule has 0 spiro atoms. The highest BCUT2D eigenvalue weighted by molar-refractivity contribution is 6.30. The highest BCUT2D eigenvalue weighted by Crippen LogP contribution is 2.17. The van der Waals surface area contributed by atoms with Crippen molar-refractivity contribution in [3.63, 3.8) is 0 Å². The van der Waals surface area contributed by atoms with Crippen LogP contribution in [0.5, 0.6) is 0 Å². The second-order valence-corrected chi connectivity index (χ2v) is 4.33. The summed E-state index contributed by atoms with van der Waals surface area (Å²) >= 11 is 6.03. The first kappa shape index (κ1) is 12.8. The van der Waals surface area contributed by atoms with Gasteiger partial charge in [0.15, 0.2) is 5.15 Å². The second kappa shape index (κ2) is 5.78. The van der Waals surface area contributed by atoms with Gasteiger partial charge in [-0.3, -0.25) is 4.79 Å². The lowest BCUT2D eigenvalue weighted by Gasteiger charge is -2.05. The number of hydrogen-bond donors (Lipinski definition) is 1. The summed E-state index contributed by atoms with van der Waals surface area (Å²) in [7, 11) is 0. The predicted molar refractivity (Wildman–Crippen MR) is 71.6 cm³/mol. The first-order valence-electron chi connectivity index (χ1n) is 5.88. The summed E-state index contributed by atoms with van der Waals surface area (Å²) in [5.41, 5.74) is 2.00. The Morgan fingerprint density at radius 2 is 1.94 bits per heavy atom. The van der Waals surface area contributed by atoms with E-state index in [1.165, 1.54) is 0 Å². The number of carbonyl (C=O) groups excluding carboxylic acids is 1. The van der Waals surface area contributed by atoms with Crippen LogP contribution in [0.1, 0.15) is 19.0 Å². The van der Waals surface area contributed by atoms with Gasteiger partial charge < -0.3 is 5.32 Å². The number of halogens is 1. The molecule has 1 N–H and O–H groups in total. The zero-order chi connectivity index (χ0) is 13.0. The number of nitrogens with one attached hydrogen (secondary N) is 1. The van der Waals surface area contributed by atoms with Crippen molar-refractivity contribution in [2.24, 2.45) is 0 Å². The molecular weight excluding hydrogens is 250 g/mol. The fourth-order valence-electron chi connectivity index (χ4n) is 1.61. The average Bonchev–Trinajstić information content (AvgIpc) is 2.37. The molecule has 0 saturated carbocycles. The molecule has 1 amide bonds. The van der Waals surface area contributed by atoms with Crippen molar-refractivity contribution in [2.75, 3.05) is 6.54 Å². The van der Waals surface area contributed by atoms with Crippen LogP contribution in [0, 0.1) is 0 Å². The molecule has 0 atom stereocenters. The molecule has 0 radical (unpaired) electrons. The minimum absolute atomic E-state index is 0.0802. The third-order valence-electron chi connectivity index (χ3n) is 2.49. The molecule has 18 heavy (non-hydrogen) atoms. The number of nitrogens with zero attached hydrogens (tertiary/aromatic N) is 2. The number of rotatable bonds is 4. The number of amides is 1. The van der Waals surface area contributed by atoms with Crippen LogP contribution in [0.4, 0.5) is 0 Å².